The van der Waals surface area contributed by atoms with Crippen molar-refractivity contribution in [2.75, 3.05) is 0 Å². The van der Waals surface area contributed by atoms with Gasteiger partial charge < -0.3 is 4.74 Å². The number of benzene rings is 1. The van der Waals surface area contributed by atoms with Crippen molar-refractivity contribution in [1.29, 1.82) is 0 Å². The summed E-state index contributed by atoms with van der Waals surface area (Å²) in [4.78, 5) is 0. The smallest absolute Gasteiger partial charge is 0.119 e. The molecule has 3 nitrogen and oxygen atoms in total. The Labute approximate surface area is 89.1 Å². The molecule has 0 unspecified atom stereocenters. The van der Waals surface area contributed by atoms with Crippen LogP contribution in [0.3, 0.4) is 0 Å². The van der Waals surface area contributed by atoms with Crippen molar-refractivity contribution in [3.8, 4) is 17.0 Å². The number of nitrogens with one attached hydrogen (secondary N) is 1. The minimum atomic E-state index is 0.211. The molecule has 0 spiro atoms. The summed E-state index contributed by atoms with van der Waals surface area (Å²) < 4.78 is 5.56. The molecule has 78 valence electrons. The third-order valence-corrected chi connectivity index (χ3v) is 2.04. The fourth-order valence-electron chi connectivity index (χ4n) is 1.40. The molecule has 3 heteroatoms. The van der Waals surface area contributed by atoms with E-state index >= 15 is 0 Å². The molecular weight excluding hydrogens is 188 g/mol. The average molecular weight is 202 g/mol. The lowest BCUT2D eigenvalue weighted by molar-refractivity contribution is 0.242. The summed E-state index contributed by atoms with van der Waals surface area (Å²) in [6.45, 7) is 4.03. The number of hydrogen-bond donors (Lipinski definition) is 1. The zero-order valence-electron chi connectivity index (χ0n) is 8.90. The van der Waals surface area contributed by atoms with E-state index in [0.29, 0.717) is 0 Å². The van der Waals surface area contributed by atoms with E-state index in [4.69, 9.17) is 4.74 Å². The lowest BCUT2D eigenvalue weighted by Crippen LogP contribution is -2.05. The second-order valence-electron chi connectivity index (χ2n) is 3.66. The van der Waals surface area contributed by atoms with Crippen molar-refractivity contribution in [1.82, 2.24) is 10.2 Å². The molecule has 0 amide bonds. The van der Waals surface area contributed by atoms with Crippen LogP contribution in [-0.2, 0) is 0 Å². The fourth-order valence-corrected chi connectivity index (χ4v) is 1.40. The molecule has 0 aliphatic carbocycles. The predicted molar refractivity (Wildman–Crippen MR) is 59.8 cm³/mol. The van der Waals surface area contributed by atoms with E-state index in [0.717, 1.165) is 17.0 Å². The van der Waals surface area contributed by atoms with Crippen LogP contribution in [0.15, 0.2) is 36.5 Å². The van der Waals surface area contributed by atoms with Crippen LogP contribution in [0, 0.1) is 0 Å². The second kappa shape index (κ2) is 4.17. The van der Waals surface area contributed by atoms with Gasteiger partial charge in [0.25, 0.3) is 0 Å². The topological polar surface area (TPSA) is 37.9 Å². The summed E-state index contributed by atoms with van der Waals surface area (Å²) in [6.07, 6.45) is 1.96. The van der Waals surface area contributed by atoms with E-state index in [1.54, 1.807) is 6.20 Å². The van der Waals surface area contributed by atoms with E-state index < -0.39 is 0 Å². The first-order chi connectivity index (χ1) is 7.25. The molecule has 2 aromatic rings. The Kier molecular flexibility index (Phi) is 2.72. The van der Waals surface area contributed by atoms with Crippen LogP contribution < -0.4 is 4.74 Å². The van der Waals surface area contributed by atoms with Crippen LogP contribution in [-0.4, -0.2) is 16.3 Å². The van der Waals surface area contributed by atoms with Gasteiger partial charge in [-0.05, 0) is 49.7 Å². The van der Waals surface area contributed by atoms with Gasteiger partial charge in [-0.2, -0.15) is 5.10 Å². The molecule has 0 aliphatic heterocycles. The molecule has 2 rings (SSSR count). The van der Waals surface area contributed by atoms with Gasteiger partial charge >= 0.3 is 0 Å². The highest BCUT2D eigenvalue weighted by Gasteiger charge is 2.00. The summed E-state index contributed by atoms with van der Waals surface area (Å²) in [7, 11) is 0. The van der Waals surface area contributed by atoms with Crippen LogP contribution in [0.1, 0.15) is 13.8 Å². The zero-order valence-corrected chi connectivity index (χ0v) is 8.90. The summed E-state index contributed by atoms with van der Waals surface area (Å²) in [6, 6.07) is 9.92. The van der Waals surface area contributed by atoms with Crippen LogP contribution >= 0.6 is 0 Å². The summed E-state index contributed by atoms with van der Waals surface area (Å²) in [5, 5.41) is 6.84. The van der Waals surface area contributed by atoms with E-state index in [1.165, 1.54) is 0 Å². The van der Waals surface area contributed by atoms with E-state index in [-0.39, 0.29) is 6.10 Å². The van der Waals surface area contributed by atoms with Crippen LogP contribution in [0.5, 0.6) is 5.75 Å². The molecule has 0 radical (unpaired) electrons. The Morgan fingerprint density at radius 1 is 1.13 bits per heavy atom. The maximum Gasteiger partial charge on any atom is 0.119 e. The Morgan fingerprint density at radius 2 is 1.87 bits per heavy atom. The van der Waals surface area contributed by atoms with E-state index in [2.05, 4.69) is 10.2 Å². The molecule has 0 atom stereocenters. The Hall–Kier alpha value is -1.77. The van der Waals surface area contributed by atoms with E-state index in [9.17, 15) is 0 Å². The number of aromatic amines is 1. The van der Waals surface area contributed by atoms with Crippen molar-refractivity contribution in [3.05, 3.63) is 36.5 Å². The SMILES string of the molecule is CC(C)Oc1ccc(-c2ccn[nH]2)cc1. The number of nitrogens with zero attached hydrogens (tertiary/aromatic N) is 1. The van der Waals surface area contributed by atoms with Crippen LogP contribution in [0.2, 0.25) is 0 Å². The molecule has 0 aliphatic rings. The first-order valence-electron chi connectivity index (χ1n) is 5.02. The molecule has 1 N–H and O–H groups in total. The van der Waals surface area contributed by atoms with Gasteiger partial charge in [-0.1, -0.05) is 0 Å². The first-order valence-corrected chi connectivity index (χ1v) is 5.02. The second-order valence-corrected chi connectivity index (χ2v) is 3.66. The highest BCUT2D eigenvalue weighted by atomic mass is 16.5. The molecular formula is C12H14N2O. The summed E-state index contributed by atoms with van der Waals surface area (Å²) in [5.41, 5.74) is 2.13. The summed E-state index contributed by atoms with van der Waals surface area (Å²) in [5.74, 6) is 0.897. The fraction of sp³-hybridized carbons (Fsp3) is 0.250. The van der Waals surface area contributed by atoms with Gasteiger partial charge in [0.2, 0.25) is 0 Å². The van der Waals surface area contributed by atoms with Gasteiger partial charge in [0.15, 0.2) is 0 Å². The zero-order chi connectivity index (χ0) is 10.7. The van der Waals surface area contributed by atoms with Gasteiger partial charge in [0.1, 0.15) is 5.75 Å². The molecule has 0 saturated heterocycles. The number of H-pyrrole nitrogens is 1. The van der Waals surface area contributed by atoms with Crippen molar-refractivity contribution < 1.29 is 4.74 Å². The predicted octanol–water partition coefficient (Wildman–Crippen LogP) is 2.86. The minimum absolute atomic E-state index is 0.211. The number of rotatable bonds is 3. The molecule has 15 heavy (non-hydrogen) atoms. The van der Waals surface area contributed by atoms with Gasteiger partial charge in [-0.3, -0.25) is 5.10 Å². The van der Waals surface area contributed by atoms with Gasteiger partial charge in [0.05, 0.1) is 11.8 Å². The Balaban J connectivity index is 2.17. The van der Waals surface area contributed by atoms with Gasteiger partial charge in [-0.15, -0.1) is 0 Å². The third-order valence-electron chi connectivity index (χ3n) is 2.04. The van der Waals surface area contributed by atoms with Crippen molar-refractivity contribution >= 4 is 0 Å². The number of aromatic nitrogens is 2. The van der Waals surface area contributed by atoms with Crippen LogP contribution in [0.25, 0.3) is 11.3 Å². The van der Waals surface area contributed by atoms with Crippen molar-refractivity contribution in [3.63, 3.8) is 0 Å². The number of hydrogen-bond acceptors (Lipinski definition) is 2. The highest BCUT2D eigenvalue weighted by molar-refractivity contribution is 5.59. The largest absolute Gasteiger partial charge is 0.491 e. The highest BCUT2D eigenvalue weighted by Crippen LogP contribution is 2.20. The lowest BCUT2D eigenvalue weighted by Gasteiger charge is -2.09. The Morgan fingerprint density at radius 3 is 2.40 bits per heavy atom. The Bertz CT molecular complexity index is 404. The van der Waals surface area contributed by atoms with Crippen molar-refractivity contribution in [2.24, 2.45) is 0 Å². The molecule has 1 aromatic heterocycles. The molecule has 1 heterocycles. The maximum atomic E-state index is 5.56. The normalized spacial score (nSPS) is 10.6. The van der Waals surface area contributed by atoms with Gasteiger partial charge in [-0.25, -0.2) is 0 Å². The maximum absolute atomic E-state index is 5.56. The van der Waals surface area contributed by atoms with Crippen LogP contribution in [0.4, 0.5) is 0 Å². The van der Waals surface area contributed by atoms with Crippen molar-refractivity contribution in [2.45, 2.75) is 20.0 Å². The molecule has 0 saturated carbocycles. The van der Waals surface area contributed by atoms with E-state index in [1.807, 2.05) is 44.2 Å². The standard InChI is InChI=1S/C12H14N2O/c1-9(2)15-11-5-3-10(4-6-11)12-7-8-13-14-12/h3-9H,1-2H3,(H,13,14). The molecule has 0 fully saturated rings. The number of ether oxygens (including phenoxy) is 1. The summed E-state index contributed by atoms with van der Waals surface area (Å²) >= 11 is 0. The quantitative estimate of drug-likeness (QED) is 0.831. The third kappa shape index (κ3) is 2.37. The molecule has 0 bridgehead atoms. The van der Waals surface area contributed by atoms with Gasteiger partial charge in [0, 0.05) is 6.20 Å². The average Bonchev–Trinajstić information content (AvgIpc) is 2.71. The first kappa shape index (κ1) is 9.77. The lowest BCUT2D eigenvalue weighted by atomic mass is 10.1. The molecule has 1 aromatic carbocycles. The minimum Gasteiger partial charge on any atom is -0.491 e. The monoisotopic (exact) mass is 202 g/mol.